The molecule has 0 saturated carbocycles. The molecule has 1 aliphatic rings. The number of allylic oxidation sites excluding steroid dienone is 2. The lowest BCUT2D eigenvalue weighted by atomic mass is 9.74. The predicted octanol–water partition coefficient (Wildman–Crippen LogP) is 2.05. The highest BCUT2D eigenvalue weighted by Crippen LogP contribution is 2.36. The maximum Gasteiger partial charge on any atom is 0.327 e. The summed E-state index contributed by atoms with van der Waals surface area (Å²) in [5, 5.41) is 2.56. The van der Waals surface area contributed by atoms with Crippen LogP contribution in [-0.4, -0.2) is 16.8 Å². The second kappa shape index (κ2) is 7.95. The van der Waals surface area contributed by atoms with Gasteiger partial charge in [0.05, 0.1) is 0 Å². The third kappa shape index (κ3) is 5.37. The van der Waals surface area contributed by atoms with Crippen molar-refractivity contribution < 1.29 is 9.59 Å². The van der Waals surface area contributed by atoms with E-state index in [0.29, 0.717) is 5.92 Å². The molecule has 3 N–H and O–H groups in total. The minimum atomic E-state index is -0.697. The SMILES string of the molecule is CC(C)(C)[C@@H]1CC=C(NNC(=O)C(=O)NCc2cccnc2)CC1. The van der Waals surface area contributed by atoms with Crippen molar-refractivity contribution in [2.75, 3.05) is 0 Å². The number of aromatic nitrogens is 1. The van der Waals surface area contributed by atoms with Crippen molar-refractivity contribution in [2.24, 2.45) is 11.3 Å². The molecule has 0 fully saturated rings. The Bertz CT molecular complexity index is 605. The van der Waals surface area contributed by atoms with Gasteiger partial charge in [0.2, 0.25) is 0 Å². The van der Waals surface area contributed by atoms with E-state index in [0.717, 1.165) is 30.5 Å². The number of hydrogen-bond acceptors (Lipinski definition) is 4. The largest absolute Gasteiger partial charge is 0.344 e. The van der Waals surface area contributed by atoms with Gasteiger partial charge in [0, 0.05) is 24.6 Å². The molecule has 0 radical (unpaired) electrons. The van der Waals surface area contributed by atoms with Gasteiger partial charge in [-0.2, -0.15) is 0 Å². The molecule has 0 unspecified atom stereocenters. The zero-order valence-electron chi connectivity index (χ0n) is 14.6. The van der Waals surface area contributed by atoms with E-state index in [2.05, 4.69) is 48.0 Å². The molecule has 2 amide bonds. The number of amides is 2. The smallest absolute Gasteiger partial charge is 0.327 e. The van der Waals surface area contributed by atoms with Crippen molar-refractivity contribution in [3.8, 4) is 0 Å². The van der Waals surface area contributed by atoms with Gasteiger partial charge < -0.3 is 10.7 Å². The van der Waals surface area contributed by atoms with Crippen molar-refractivity contribution in [1.82, 2.24) is 21.2 Å². The Balaban J connectivity index is 1.73. The number of hydrogen-bond donors (Lipinski definition) is 3. The Morgan fingerprint density at radius 1 is 1.29 bits per heavy atom. The molecule has 1 aliphatic carbocycles. The van der Waals surface area contributed by atoms with Crippen molar-refractivity contribution in [1.29, 1.82) is 0 Å². The normalized spacial score (nSPS) is 17.6. The molecular formula is C18H26N4O2. The highest BCUT2D eigenvalue weighted by molar-refractivity contribution is 6.34. The molecule has 0 saturated heterocycles. The molecule has 0 aliphatic heterocycles. The van der Waals surface area contributed by atoms with Crippen LogP contribution in [0.1, 0.15) is 45.6 Å². The summed E-state index contributed by atoms with van der Waals surface area (Å²) < 4.78 is 0. The molecule has 1 heterocycles. The molecule has 130 valence electrons. The highest BCUT2D eigenvalue weighted by atomic mass is 16.2. The van der Waals surface area contributed by atoms with E-state index in [1.54, 1.807) is 18.5 Å². The highest BCUT2D eigenvalue weighted by Gasteiger charge is 2.26. The molecule has 6 heteroatoms. The summed E-state index contributed by atoms with van der Waals surface area (Å²) >= 11 is 0. The van der Waals surface area contributed by atoms with Gasteiger partial charge in [-0.05, 0) is 42.2 Å². The van der Waals surface area contributed by atoms with Gasteiger partial charge >= 0.3 is 11.8 Å². The van der Waals surface area contributed by atoms with Crippen LogP contribution in [0.25, 0.3) is 0 Å². The Morgan fingerprint density at radius 2 is 2.08 bits per heavy atom. The first kappa shape index (κ1) is 18.0. The van der Waals surface area contributed by atoms with Gasteiger partial charge in [-0.1, -0.05) is 32.9 Å². The average molecular weight is 330 g/mol. The molecule has 0 bridgehead atoms. The van der Waals surface area contributed by atoms with Crippen LogP contribution in [0.15, 0.2) is 36.3 Å². The standard InChI is InChI=1S/C18H26N4O2/c1-18(2,3)14-6-8-15(9-7-14)21-22-17(24)16(23)20-12-13-5-4-10-19-11-13/h4-5,8,10-11,14,21H,6-7,9,12H2,1-3H3,(H,20,23)(H,22,24)/t14-/m1/s1. The summed E-state index contributed by atoms with van der Waals surface area (Å²) in [5.41, 5.74) is 7.41. The van der Waals surface area contributed by atoms with E-state index in [-0.39, 0.29) is 12.0 Å². The van der Waals surface area contributed by atoms with Gasteiger partial charge in [0.25, 0.3) is 0 Å². The van der Waals surface area contributed by atoms with Gasteiger partial charge in [-0.25, -0.2) is 0 Å². The minimum Gasteiger partial charge on any atom is -0.344 e. The maximum absolute atomic E-state index is 11.8. The number of nitrogens with zero attached hydrogens (tertiary/aromatic N) is 1. The summed E-state index contributed by atoms with van der Waals surface area (Å²) in [6, 6.07) is 3.62. The molecule has 0 aromatic carbocycles. The summed E-state index contributed by atoms with van der Waals surface area (Å²) in [5.74, 6) is -0.727. The maximum atomic E-state index is 11.8. The number of carbonyl (C=O) groups is 2. The van der Waals surface area contributed by atoms with E-state index < -0.39 is 11.8 Å². The molecular weight excluding hydrogens is 304 g/mol. The molecule has 24 heavy (non-hydrogen) atoms. The second-order valence-electron chi connectivity index (χ2n) is 7.19. The molecule has 6 nitrogen and oxygen atoms in total. The predicted molar refractivity (Wildman–Crippen MR) is 92.2 cm³/mol. The van der Waals surface area contributed by atoms with Gasteiger partial charge in [-0.15, -0.1) is 0 Å². The number of carbonyl (C=O) groups excluding carboxylic acids is 2. The first-order valence-corrected chi connectivity index (χ1v) is 8.28. The van der Waals surface area contributed by atoms with Crippen LogP contribution in [0.4, 0.5) is 0 Å². The van der Waals surface area contributed by atoms with Gasteiger partial charge in [-0.3, -0.25) is 20.0 Å². The number of hydrazine groups is 1. The lowest BCUT2D eigenvalue weighted by Crippen LogP contribution is -2.46. The topological polar surface area (TPSA) is 83.1 Å². The summed E-state index contributed by atoms with van der Waals surface area (Å²) in [4.78, 5) is 27.5. The minimum absolute atomic E-state index is 0.274. The van der Waals surface area contributed by atoms with Crippen molar-refractivity contribution >= 4 is 11.8 Å². The van der Waals surface area contributed by atoms with Crippen molar-refractivity contribution in [3.05, 3.63) is 41.9 Å². The summed E-state index contributed by atoms with van der Waals surface area (Å²) in [6.07, 6.45) is 8.34. The van der Waals surface area contributed by atoms with Crippen LogP contribution in [0.2, 0.25) is 0 Å². The van der Waals surface area contributed by atoms with Crippen LogP contribution in [0, 0.1) is 11.3 Å². The second-order valence-corrected chi connectivity index (χ2v) is 7.19. The third-order valence-corrected chi connectivity index (χ3v) is 4.35. The Labute approximate surface area is 143 Å². The van der Waals surface area contributed by atoms with E-state index >= 15 is 0 Å². The molecule has 2 rings (SSSR count). The van der Waals surface area contributed by atoms with E-state index in [4.69, 9.17) is 0 Å². The fraction of sp³-hybridized carbons (Fsp3) is 0.500. The third-order valence-electron chi connectivity index (χ3n) is 4.35. The van der Waals surface area contributed by atoms with Crippen LogP contribution in [0.5, 0.6) is 0 Å². The number of nitrogens with one attached hydrogen (secondary N) is 3. The number of pyridine rings is 1. The lowest BCUT2D eigenvalue weighted by Gasteiger charge is -2.33. The molecule has 1 atom stereocenters. The molecule has 1 aromatic rings. The van der Waals surface area contributed by atoms with Crippen LogP contribution in [0.3, 0.4) is 0 Å². The fourth-order valence-electron chi connectivity index (χ4n) is 2.69. The van der Waals surface area contributed by atoms with E-state index in [1.165, 1.54) is 0 Å². The van der Waals surface area contributed by atoms with Crippen LogP contribution < -0.4 is 16.2 Å². The first-order valence-electron chi connectivity index (χ1n) is 8.28. The van der Waals surface area contributed by atoms with Gasteiger partial charge in [0.15, 0.2) is 0 Å². The number of rotatable bonds is 4. The Kier molecular flexibility index (Phi) is 5.95. The van der Waals surface area contributed by atoms with Crippen LogP contribution in [-0.2, 0) is 16.1 Å². The Morgan fingerprint density at radius 3 is 2.67 bits per heavy atom. The lowest BCUT2D eigenvalue weighted by molar-refractivity contribution is -0.139. The zero-order chi connectivity index (χ0) is 17.6. The fourth-order valence-corrected chi connectivity index (χ4v) is 2.69. The monoisotopic (exact) mass is 330 g/mol. The average Bonchev–Trinajstić information content (AvgIpc) is 2.58. The quantitative estimate of drug-likeness (QED) is 0.583. The zero-order valence-corrected chi connectivity index (χ0v) is 14.6. The van der Waals surface area contributed by atoms with E-state index in [9.17, 15) is 9.59 Å². The van der Waals surface area contributed by atoms with Crippen molar-refractivity contribution in [3.63, 3.8) is 0 Å². The summed E-state index contributed by atoms with van der Waals surface area (Å²) in [6.45, 7) is 7.02. The molecule has 1 aromatic heterocycles. The van der Waals surface area contributed by atoms with Crippen molar-refractivity contribution in [2.45, 2.75) is 46.6 Å². The van der Waals surface area contributed by atoms with Gasteiger partial charge in [0.1, 0.15) is 0 Å². The summed E-state index contributed by atoms with van der Waals surface area (Å²) in [7, 11) is 0. The first-order chi connectivity index (χ1) is 11.4. The molecule has 0 spiro atoms. The van der Waals surface area contributed by atoms with E-state index in [1.807, 2.05) is 6.07 Å². The van der Waals surface area contributed by atoms with Crippen LogP contribution >= 0.6 is 0 Å². The Hall–Kier alpha value is -2.37.